The van der Waals surface area contributed by atoms with E-state index >= 15 is 0 Å². The van der Waals surface area contributed by atoms with Crippen molar-refractivity contribution in [2.24, 2.45) is 0 Å². The van der Waals surface area contributed by atoms with Crippen LogP contribution < -0.4 is 16.8 Å². The fourth-order valence-electron chi connectivity index (χ4n) is 1.27. The van der Waals surface area contributed by atoms with Crippen LogP contribution in [0.1, 0.15) is 5.56 Å². The quantitative estimate of drug-likeness (QED) is 0.696. The van der Waals surface area contributed by atoms with E-state index in [1.54, 1.807) is 0 Å². The van der Waals surface area contributed by atoms with Gasteiger partial charge in [0.25, 0.3) is 0 Å². The smallest absolute Gasteiger partial charge is 0.229 e. The minimum absolute atomic E-state index is 0.114. The average molecular weight is 216 g/mol. The standard InChI is InChI=1S/C10H12N6/c11-8-14-9(12)16-10(15-8)13-6-7-4-2-1-3-5-7/h1-5H,6H2,(H5,11,12,13,14,15,16). The first-order valence-electron chi connectivity index (χ1n) is 4.79. The van der Waals surface area contributed by atoms with Gasteiger partial charge in [-0.3, -0.25) is 0 Å². The zero-order valence-electron chi connectivity index (χ0n) is 8.59. The molecule has 82 valence electrons. The second-order valence-electron chi connectivity index (χ2n) is 3.21. The van der Waals surface area contributed by atoms with Gasteiger partial charge in [-0.05, 0) is 5.56 Å². The molecule has 2 rings (SSSR count). The third kappa shape index (κ3) is 2.57. The number of anilines is 3. The molecule has 1 heterocycles. The molecule has 0 radical (unpaired) electrons. The molecule has 0 amide bonds. The molecular formula is C10H12N6. The van der Waals surface area contributed by atoms with Crippen LogP contribution in [0.25, 0.3) is 0 Å². The van der Waals surface area contributed by atoms with E-state index in [9.17, 15) is 0 Å². The molecule has 5 N–H and O–H groups in total. The van der Waals surface area contributed by atoms with Gasteiger partial charge in [0.15, 0.2) is 0 Å². The number of hydrogen-bond acceptors (Lipinski definition) is 6. The minimum Gasteiger partial charge on any atom is -0.368 e. The first kappa shape index (κ1) is 10.2. The van der Waals surface area contributed by atoms with Gasteiger partial charge in [0, 0.05) is 6.54 Å². The maximum absolute atomic E-state index is 5.45. The number of nitrogen functional groups attached to an aromatic ring is 2. The van der Waals surface area contributed by atoms with Gasteiger partial charge in [-0.1, -0.05) is 30.3 Å². The van der Waals surface area contributed by atoms with Crippen LogP contribution in [0.5, 0.6) is 0 Å². The van der Waals surface area contributed by atoms with Gasteiger partial charge in [0.2, 0.25) is 17.8 Å². The second kappa shape index (κ2) is 4.43. The van der Waals surface area contributed by atoms with Crippen molar-refractivity contribution in [3.63, 3.8) is 0 Å². The van der Waals surface area contributed by atoms with E-state index in [-0.39, 0.29) is 11.9 Å². The van der Waals surface area contributed by atoms with Gasteiger partial charge in [-0.2, -0.15) is 15.0 Å². The first-order chi connectivity index (χ1) is 7.74. The molecular weight excluding hydrogens is 204 g/mol. The normalized spacial score (nSPS) is 10.0. The van der Waals surface area contributed by atoms with Crippen LogP contribution in [0.4, 0.5) is 17.8 Å². The van der Waals surface area contributed by atoms with Gasteiger partial charge in [0.1, 0.15) is 0 Å². The molecule has 1 aromatic carbocycles. The summed E-state index contributed by atoms with van der Waals surface area (Å²) in [6.45, 7) is 0.615. The number of rotatable bonds is 3. The lowest BCUT2D eigenvalue weighted by Gasteiger charge is -2.05. The molecule has 0 bridgehead atoms. The van der Waals surface area contributed by atoms with Crippen LogP contribution in [0.15, 0.2) is 30.3 Å². The van der Waals surface area contributed by atoms with Gasteiger partial charge >= 0.3 is 0 Å². The Hall–Kier alpha value is -2.37. The molecule has 1 aromatic heterocycles. The summed E-state index contributed by atoms with van der Waals surface area (Å²) < 4.78 is 0. The summed E-state index contributed by atoms with van der Waals surface area (Å²) in [4.78, 5) is 11.5. The van der Waals surface area contributed by atoms with Crippen molar-refractivity contribution in [1.82, 2.24) is 15.0 Å². The predicted octanol–water partition coefficient (Wildman–Crippen LogP) is 0.648. The SMILES string of the molecule is Nc1nc(N)nc(NCc2ccccc2)n1. The Labute approximate surface area is 92.7 Å². The topological polar surface area (TPSA) is 103 Å². The highest BCUT2D eigenvalue weighted by molar-refractivity contribution is 5.37. The summed E-state index contributed by atoms with van der Waals surface area (Å²) in [5, 5.41) is 3.02. The number of nitrogens with two attached hydrogens (primary N) is 2. The summed E-state index contributed by atoms with van der Waals surface area (Å²) in [6.07, 6.45) is 0. The van der Waals surface area contributed by atoms with Crippen LogP contribution >= 0.6 is 0 Å². The zero-order chi connectivity index (χ0) is 11.4. The molecule has 6 heteroatoms. The highest BCUT2D eigenvalue weighted by atomic mass is 15.2. The van der Waals surface area contributed by atoms with Crippen LogP contribution in [-0.4, -0.2) is 15.0 Å². The molecule has 0 fully saturated rings. The van der Waals surface area contributed by atoms with Gasteiger partial charge < -0.3 is 16.8 Å². The lowest BCUT2D eigenvalue weighted by Crippen LogP contribution is -2.09. The summed E-state index contributed by atoms with van der Waals surface area (Å²) in [6, 6.07) is 9.89. The molecule has 0 saturated heterocycles. The molecule has 0 spiro atoms. The van der Waals surface area contributed by atoms with E-state index < -0.39 is 0 Å². The number of benzene rings is 1. The first-order valence-corrected chi connectivity index (χ1v) is 4.79. The monoisotopic (exact) mass is 216 g/mol. The highest BCUT2D eigenvalue weighted by Gasteiger charge is 2.00. The average Bonchev–Trinajstić information content (AvgIpc) is 2.27. The second-order valence-corrected chi connectivity index (χ2v) is 3.21. The van der Waals surface area contributed by atoms with E-state index in [0.717, 1.165) is 5.56 Å². The Balaban J connectivity index is 2.05. The van der Waals surface area contributed by atoms with E-state index in [1.807, 2.05) is 30.3 Å². The van der Waals surface area contributed by atoms with Crippen molar-refractivity contribution in [2.75, 3.05) is 16.8 Å². The highest BCUT2D eigenvalue weighted by Crippen LogP contribution is 2.06. The van der Waals surface area contributed by atoms with Crippen molar-refractivity contribution in [1.29, 1.82) is 0 Å². The molecule has 2 aromatic rings. The van der Waals surface area contributed by atoms with Crippen LogP contribution in [0.3, 0.4) is 0 Å². The van der Waals surface area contributed by atoms with E-state index in [1.165, 1.54) is 0 Å². The van der Waals surface area contributed by atoms with Crippen LogP contribution in [-0.2, 0) is 6.54 Å². The molecule has 0 unspecified atom stereocenters. The number of nitrogens with zero attached hydrogens (tertiary/aromatic N) is 3. The van der Waals surface area contributed by atoms with Crippen molar-refractivity contribution < 1.29 is 0 Å². The maximum atomic E-state index is 5.45. The Bertz CT molecular complexity index is 450. The Morgan fingerprint density at radius 2 is 1.56 bits per heavy atom. The number of nitrogens with one attached hydrogen (secondary N) is 1. The predicted molar refractivity (Wildman–Crippen MR) is 62.4 cm³/mol. The fraction of sp³-hybridized carbons (Fsp3) is 0.100. The van der Waals surface area contributed by atoms with Crippen molar-refractivity contribution in [3.8, 4) is 0 Å². The molecule has 6 nitrogen and oxygen atoms in total. The Kier molecular flexibility index (Phi) is 2.81. The van der Waals surface area contributed by atoms with E-state index in [2.05, 4.69) is 20.3 Å². The third-order valence-electron chi connectivity index (χ3n) is 1.96. The minimum atomic E-state index is 0.114. The lowest BCUT2D eigenvalue weighted by atomic mass is 10.2. The summed E-state index contributed by atoms with van der Waals surface area (Å²) in [7, 11) is 0. The molecule has 0 saturated carbocycles. The van der Waals surface area contributed by atoms with E-state index in [0.29, 0.717) is 12.5 Å². The summed E-state index contributed by atoms with van der Waals surface area (Å²) in [5.74, 6) is 0.611. The summed E-state index contributed by atoms with van der Waals surface area (Å²) in [5.41, 5.74) is 12.0. The van der Waals surface area contributed by atoms with Gasteiger partial charge in [0.05, 0.1) is 0 Å². The molecule has 0 atom stereocenters. The van der Waals surface area contributed by atoms with Crippen molar-refractivity contribution >= 4 is 17.8 Å². The van der Waals surface area contributed by atoms with Crippen LogP contribution in [0.2, 0.25) is 0 Å². The molecule has 0 aliphatic heterocycles. The largest absolute Gasteiger partial charge is 0.368 e. The van der Waals surface area contributed by atoms with Crippen molar-refractivity contribution in [2.45, 2.75) is 6.54 Å². The van der Waals surface area contributed by atoms with Gasteiger partial charge in [-0.15, -0.1) is 0 Å². The van der Waals surface area contributed by atoms with Crippen LogP contribution in [0, 0.1) is 0 Å². The van der Waals surface area contributed by atoms with Gasteiger partial charge in [-0.25, -0.2) is 0 Å². The van der Waals surface area contributed by atoms with Crippen molar-refractivity contribution in [3.05, 3.63) is 35.9 Å². The van der Waals surface area contributed by atoms with E-state index in [4.69, 9.17) is 11.5 Å². The fourth-order valence-corrected chi connectivity index (χ4v) is 1.27. The lowest BCUT2D eigenvalue weighted by molar-refractivity contribution is 1.02. The summed E-state index contributed by atoms with van der Waals surface area (Å²) >= 11 is 0. The Morgan fingerprint density at radius 1 is 0.938 bits per heavy atom. The maximum Gasteiger partial charge on any atom is 0.229 e. The zero-order valence-corrected chi connectivity index (χ0v) is 8.59. The number of hydrogen-bond donors (Lipinski definition) is 3. The number of aromatic nitrogens is 3. The Morgan fingerprint density at radius 3 is 2.19 bits per heavy atom. The molecule has 0 aliphatic rings. The molecule has 0 aliphatic carbocycles. The third-order valence-corrected chi connectivity index (χ3v) is 1.96. The molecule has 16 heavy (non-hydrogen) atoms.